The Labute approximate surface area is 294 Å². The third-order valence-electron chi connectivity index (χ3n) is 8.61. The first-order valence-corrected chi connectivity index (χ1v) is 16.8. The Hall–Kier alpha value is -4.24. The molecule has 0 bridgehead atoms. The maximum atomic E-state index is 13.8. The molecular weight excluding hydrogens is 701 g/mol. The molecule has 266 valence electrons. The van der Waals surface area contributed by atoms with E-state index >= 15 is 0 Å². The zero-order valence-electron chi connectivity index (χ0n) is 26.8. The van der Waals surface area contributed by atoms with E-state index < -0.39 is 36.5 Å². The van der Waals surface area contributed by atoms with Crippen molar-refractivity contribution in [3.63, 3.8) is 0 Å². The average Bonchev–Trinajstić information content (AvgIpc) is 3.92. The maximum Gasteiger partial charge on any atom is 0.387 e. The van der Waals surface area contributed by atoms with Crippen LogP contribution >= 0.6 is 23.2 Å². The molecule has 50 heavy (non-hydrogen) atoms. The van der Waals surface area contributed by atoms with Crippen LogP contribution in [-0.4, -0.2) is 66.1 Å². The van der Waals surface area contributed by atoms with Gasteiger partial charge < -0.3 is 24.2 Å². The van der Waals surface area contributed by atoms with E-state index in [0.29, 0.717) is 48.7 Å². The van der Waals surface area contributed by atoms with Crippen LogP contribution in [0.15, 0.2) is 64.4 Å². The number of aromatic nitrogens is 3. The lowest BCUT2D eigenvalue weighted by Crippen LogP contribution is -2.44. The van der Waals surface area contributed by atoms with E-state index in [4.69, 9.17) is 37.4 Å². The van der Waals surface area contributed by atoms with Crippen molar-refractivity contribution in [1.82, 2.24) is 14.0 Å². The Balaban J connectivity index is 1.32. The lowest BCUT2D eigenvalue weighted by molar-refractivity contribution is -0.605. The quantitative estimate of drug-likeness (QED) is 0.106. The van der Waals surface area contributed by atoms with Crippen molar-refractivity contribution in [3.8, 4) is 11.5 Å². The van der Waals surface area contributed by atoms with E-state index in [2.05, 4.69) is 9.64 Å². The summed E-state index contributed by atoms with van der Waals surface area (Å²) < 4.78 is 51.0. The lowest BCUT2D eigenvalue weighted by atomic mass is 10.0. The van der Waals surface area contributed by atoms with Gasteiger partial charge in [-0.2, -0.15) is 13.5 Å². The van der Waals surface area contributed by atoms with E-state index in [1.807, 2.05) is 0 Å². The van der Waals surface area contributed by atoms with E-state index in [0.717, 1.165) is 29.8 Å². The fraction of sp³-hybridized carbons (Fsp3) is 0.412. The summed E-state index contributed by atoms with van der Waals surface area (Å²) in [6.07, 6.45) is 2.72. The van der Waals surface area contributed by atoms with E-state index in [-0.39, 0.29) is 58.0 Å². The number of alkyl halides is 2. The standard InChI is InChI=1S/C34H34Cl2F2N4O8/c35-25-17-40(46)18-26(36)24(25)16-29(22-7-8-28(50-33(37)38)30(15-22)48-20-21-5-6-21)49-31(43)19-42-32(44)23-3-1-2-4-27(23)41(34(42)45)10-9-39-11-13-47-14-12-39/h1-4,7-8,15,17-18,21,29,33H,5-6,9-14,16,19-20H2. The van der Waals surface area contributed by atoms with Gasteiger partial charge in [0.05, 0.1) is 30.7 Å². The Bertz CT molecular complexity index is 1960. The zero-order valence-corrected chi connectivity index (χ0v) is 28.3. The van der Waals surface area contributed by atoms with Crippen LogP contribution in [0.25, 0.3) is 10.9 Å². The molecule has 1 aliphatic heterocycles. The number of nitrogens with zero attached hydrogens (tertiary/aromatic N) is 4. The van der Waals surface area contributed by atoms with Crippen molar-refractivity contribution in [3.05, 3.63) is 102 Å². The molecule has 2 aliphatic rings. The Morgan fingerprint density at radius 3 is 2.42 bits per heavy atom. The number of fused-ring (bicyclic) bond motifs is 1. The normalized spacial score (nSPS) is 15.7. The van der Waals surface area contributed by atoms with Gasteiger partial charge in [-0.3, -0.25) is 19.1 Å². The van der Waals surface area contributed by atoms with Crippen LogP contribution < -0.4 is 25.5 Å². The summed E-state index contributed by atoms with van der Waals surface area (Å²) in [6.45, 7) is -0.226. The lowest BCUT2D eigenvalue weighted by Gasteiger charge is -2.27. The minimum absolute atomic E-state index is 0.00677. The second kappa shape index (κ2) is 15.8. The summed E-state index contributed by atoms with van der Waals surface area (Å²) in [5.41, 5.74) is -0.355. The Kier molecular flexibility index (Phi) is 11.2. The van der Waals surface area contributed by atoms with E-state index in [1.165, 1.54) is 22.8 Å². The smallest absolute Gasteiger partial charge is 0.387 e. The minimum atomic E-state index is -3.11. The van der Waals surface area contributed by atoms with Crippen LogP contribution in [0.3, 0.4) is 0 Å². The fourth-order valence-corrected chi connectivity index (χ4v) is 6.38. The molecule has 1 saturated carbocycles. The van der Waals surface area contributed by atoms with Gasteiger partial charge in [-0.05, 0) is 48.6 Å². The number of para-hydroxylation sites is 1. The van der Waals surface area contributed by atoms with Gasteiger partial charge in [-0.1, -0.05) is 41.4 Å². The highest BCUT2D eigenvalue weighted by molar-refractivity contribution is 6.35. The Morgan fingerprint density at radius 1 is 1.00 bits per heavy atom. The number of esters is 1. The second-order valence-corrected chi connectivity index (χ2v) is 12.9. The first-order chi connectivity index (χ1) is 24.1. The summed E-state index contributed by atoms with van der Waals surface area (Å²) >= 11 is 12.7. The fourth-order valence-electron chi connectivity index (χ4n) is 5.78. The summed E-state index contributed by atoms with van der Waals surface area (Å²) in [7, 11) is 0. The molecule has 2 aromatic carbocycles. The summed E-state index contributed by atoms with van der Waals surface area (Å²) in [5, 5.41) is 12.2. The van der Waals surface area contributed by atoms with Crippen molar-refractivity contribution in [2.75, 3.05) is 39.5 Å². The highest BCUT2D eigenvalue weighted by atomic mass is 35.5. The number of carbonyl (C=O) groups excluding carboxylic acids is 1. The number of hydrogen-bond donors (Lipinski definition) is 0. The first-order valence-electron chi connectivity index (χ1n) is 16.1. The molecule has 1 atom stereocenters. The topological polar surface area (TPSA) is 128 Å². The molecule has 2 aromatic heterocycles. The molecule has 1 unspecified atom stereocenters. The molecule has 3 heterocycles. The number of rotatable bonds is 14. The minimum Gasteiger partial charge on any atom is -0.619 e. The van der Waals surface area contributed by atoms with E-state index in [9.17, 15) is 28.4 Å². The molecule has 4 aromatic rings. The predicted octanol–water partition coefficient (Wildman–Crippen LogP) is 4.35. The van der Waals surface area contributed by atoms with Gasteiger partial charge >= 0.3 is 18.3 Å². The number of pyridine rings is 1. The SMILES string of the molecule is O=C(Cn1c(=O)c2ccccc2n(CCN2CCOCC2)c1=O)OC(Cc1c(Cl)c[n+]([O-])cc1Cl)c1ccc(OC(F)F)c(OCC2CC2)c1. The first kappa shape index (κ1) is 35.6. The van der Waals surface area contributed by atoms with Gasteiger partial charge in [-0.15, -0.1) is 0 Å². The highest BCUT2D eigenvalue weighted by Crippen LogP contribution is 2.37. The van der Waals surface area contributed by atoms with E-state index in [1.54, 1.807) is 24.3 Å². The molecule has 0 spiro atoms. The van der Waals surface area contributed by atoms with Crippen LogP contribution in [0.4, 0.5) is 8.78 Å². The van der Waals surface area contributed by atoms with Gasteiger partial charge in [0.2, 0.25) is 0 Å². The number of hydrogen-bond acceptors (Lipinski definition) is 9. The van der Waals surface area contributed by atoms with Gasteiger partial charge in [0, 0.05) is 38.2 Å². The van der Waals surface area contributed by atoms with Crippen molar-refractivity contribution in [2.45, 2.75) is 45.1 Å². The number of carbonyl (C=O) groups is 1. The molecule has 0 amide bonds. The summed E-state index contributed by atoms with van der Waals surface area (Å²) in [4.78, 5) is 43.2. The average molecular weight is 736 g/mol. The van der Waals surface area contributed by atoms with Crippen LogP contribution in [0.5, 0.6) is 11.5 Å². The zero-order chi connectivity index (χ0) is 35.4. The van der Waals surface area contributed by atoms with Gasteiger partial charge in [0.1, 0.15) is 22.7 Å². The molecule has 6 rings (SSSR count). The number of benzene rings is 2. The molecule has 0 N–H and O–H groups in total. The van der Waals surface area contributed by atoms with Crippen LogP contribution in [0, 0.1) is 11.1 Å². The predicted molar refractivity (Wildman–Crippen MR) is 179 cm³/mol. The number of halogens is 4. The maximum absolute atomic E-state index is 13.8. The van der Waals surface area contributed by atoms with Gasteiger partial charge in [-0.25, -0.2) is 9.36 Å². The largest absolute Gasteiger partial charge is 0.619 e. The molecular formula is C34H34Cl2F2N4O8. The van der Waals surface area contributed by atoms with Gasteiger partial charge in [0.15, 0.2) is 23.9 Å². The van der Waals surface area contributed by atoms with Crippen molar-refractivity contribution in [2.24, 2.45) is 5.92 Å². The highest BCUT2D eigenvalue weighted by Gasteiger charge is 2.27. The Morgan fingerprint density at radius 2 is 1.72 bits per heavy atom. The van der Waals surface area contributed by atoms with Crippen LogP contribution in [0.2, 0.25) is 10.0 Å². The van der Waals surface area contributed by atoms with Crippen molar-refractivity contribution in [1.29, 1.82) is 0 Å². The molecule has 1 saturated heterocycles. The summed E-state index contributed by atoms with van der Waals surface area (Å²) in [5.74, 6) is -0.865. The van der Waals surface area contributed by atoms with Crippen LogP contribution in [-0.2, 0) is 33.8 Å². The molecule has 1 aliphatic carbocycles. The number of ether oxygens (including phenoxy) is 4. The molecule has 16 heteroatoms. The molecule has 12 nitrogen and oxygen atoms in total. The second-order valence-electron chi connectivity index (χ2n) is 12.1. The monoisotopic (exact) mass is 734 g/mol. The summed E-state index contributed by atoms with van der Waals surface area (Å²) in [6, 6.07) is 10.8. The van der Waals surface area contributed by atoms with Gasteiger partial charge in [0.25, 0.3) is 5.56 Å². The van der Waals surface area contributed by atoms with Crippen molar-refractivity contribution < 1.29 is 37.3 Å². The van der Waals surface area contributed by atoms with Crippen LogP contribution in [0.1, 0.15) is 30.1 Å². The third-order valence-corrected chi connectivity index (χ3v) is 9.26. The number of morpholine rings is 1. The molecule has 2 fully saturated rings. The molecule has 0 radical (unpaired) electrons. The third kappa shape index (κ3) is 8.55. The van der Waals surface area contributed by atoms with Crippen molar-refractivity contribution >= 4 is 40.1 Å².